The van der Waals surface area contributed by atoms with Crippen LogP contribution in [0.2, 0.25) is 0 Å². The van der Waals surface area contributed by atoms with Gasteiger partial charge in [-0.25, -0.2) is 0 Å². The third-order valence-electron chi connectivity index (χ3n) is 3.68. The van der Waals surface area contributed by atoms with Gasteiger partial charge in [-0.3, -0.25) is 14.5 Å². The summed E-state index contributed by atoms with van der Waals surface area (Å²) in [5.41, 5.74) is 6.29. The zero-order valence-corrected chi connectivity index (χ0v) is 12.3. The van der Waals surface area contributed by atoms with Crippen molar-refractivity contribution < 1.29 is 19.1 Å². The standard InChI is InChI=1S/C15H20N2O4/c1-20-12-7-10(8-13(9-12)21-2)14(15(16)19)17-5-3-11(18)4-6-17/h7-9,14H,3-6H2,1-2H3,(H2,16,19). The molecule has 0 bridgehead atoms. The van der Waals surface area contributed by atoms with Crippen LogP contribution in [0.1, 0.15) is 24.4 Å². The number of ether oxygens (including phenoxy) is 2. The van der Waals surface area contributed by atoms with E-state index in [0.29, 0.717) is 43.0 Å². The molecule has 2 N–H and O–H groups in total. The van der Waals surface area contributed by atoms with Crippen LogP contribution in [-0.2, 0) is 9.59 Å². The highest BCUT2D eigenvalue weighted by atomic mass is 16.5. The molecule has 1 aromatic rings. The van der Waals surface area contributed by atoms with E-state index in [-0.39, 0.29) is 5.78 Å². The van der Waals surface area contributed by atoms with Crippen molar-refractivity contribution in [1.82, 2.24) is 4.90 Å². The Hall–Kier alpha value is -2.08. The van der Waals surface area contributed by atoms with Crippen LogP contribution in [-0.4, -0.2) is 43.9 Å². The van der Waals surface area contributed by atoms with E-state index in [1.165, 1.54) is 0 Å². The lowest BCUT2D eigenvalue weighted by atomic mass is 10.00. The lowest BCUT2D eigenvalue weighted by Crippen LogP contribution is -2.42. The molecule has 1 fully saturated rings. The van der Waals surface area contributed by atoms with Crippen LogP contribution in [0.5, 0.6) is 11.5 Å². The van der Waals surface area contributed by atoms with E-state index in [2.05, 4.69) is 0 Å². The topological polar surface area (TPSA) is 81.9 Å². The van der Waals surface area contributed by atoms with Crippen LogP contribution in [0.3, 0.4) is 0 Å². The van der Waals surface area contributed by atoms with Gasteiger partial charge in [0, 0.05) is 32.0 Å². The molecule has 21 heavy (non-hydrogen) atoms. The highest BCUT2D eigenvalue weighted by molar-refractivity contribution is 5.83. The second-order valence-corrected chi connectivity index (χ2v) is 5.03. The number of benzene rings is 1. The first-order valence-electron chi connectivity index (χ1n) is 6.83. The summed E-state index contributed by atoms with van der Waals surface area (Å²) in [5.74, 6) is 0.977. The fourth-order valence-electron chi connectivity index (χ4n) is 2.57. The van der Waals surface area contributed by atoms with Gasteiger partial charge in [-0.15, -0.1) is 0 Å². The van der Waals surface area contributed by atoms with Gasteiger partial charge in [-0.05, 0) is 17.7 Å². The first-order valence-corrected chi connectivity index (χ1v) is 6.83. The van der Waals surface area contributed by atoms with Gasteiger partial charge in [-0.2, -0.15) is 0 Å². The number of likely N-dealkylation sites (tertiary alicyclic amines) is 1. The molecule has 1 heterocycles. The van der Waals surface area contributed by atoms with Crippen LogP contribution >= 0.6 is 0 Å². The number of hydrogen-bond donors (Lipinski definition) is 1. The van der Waals surface area contributed by atoms with E-state index in [1.807, 2.05) is 4.90 Å². The van der Waals surface area contributed by atoms with Gasteiger partial charge < -0.3 is 15.2 Å². The van der Waals surface area contributed by atoms with Gasteiger partial charge >= 0.3 is 0 Å². The largest absolute Gasteiger partial charge is 0.497 e. The average Bonchev–Trinajstić information content (AvgIpc) is 2.48. The molecule has 0 radical (unpaired) electrons. The molecule has 0 aliphatic carbocycles. The molecule has 6 heteroatoms. The predicted octanol–water partition coefficient (Wildman–Crippen LogP) is 0.895. The zero-order chi connectivity index (χ0) is 15.4. The molecule has 1 unspecified atom stereocenters. The molecular formula is C15H20N2O4. The predicted molar refractivity (Wildman–Crippen MR) is 77.3 cm³/mol. The fraction of sp³-hybridized carbons (Fsp3) is 0.467. The van der Waals surface area contributed by atoms with Crippen LogP contribution in [0, 0.1) is 0 Å². The number of nitrogens with zero attached hydrogens (tertiary/aromatic N) is 1. The van der Waals surface area contributed by atoms with Crippen molar-refractivity contribution in [3.8, 4) is 11.5 Å². The lowest BCUT2D eigenvalue weighted by Gasteiger charge is -2.32. The molecule has 1 aromatic carbocycles. The summed E-state index contributed by atoms with van der Waals surface area (Å²) in [5, 5.41) is 0. The van der Waals surface area contributed by atoms with Crippen molar-refractivity contribution in [1.29, 1.82) is 0 Å². The Bertz CT molecular complexity index is 512. The Balaban J connectivity index is 2.33. The van der Waals surface area contributed by atoms with Crippen molar-refractivity contribution in [2.45, 2.75) is 18.9 Å². The first kappa shape index (κ1) is 15.3. The SMILES string of the molecule is COc1cc(OC)cc(C(C(N)=O)N2CCC(=O)CC2)c1. The number of Topliss-reactive ketones (excluding diaryl/α,β-unsaturated/α-hetero) is 1. The third-order valence-corrected chi connectivity index (χ3v) is 3.68. The van der Waals surface area contributed by atoms with E-state index in [4.69, 9.17) is 15.2 Å². The van der Waals surface area contributed by atoms with Gasteiger partial charge in [0.05, 0.1) is 14.2 Å². The number of primary amides is 1. The number of carbonyl (C=O) groups is 2. The summed E-state index contributed by atoms with van der Waals surface area (Å²) < 4.78 is 10.5. The summed E-state index contributed by atoms with van der Waals surface area (Å²) in [6.07, 6.45) is 0.899. The zero-order valence-electron chi connectivity index (χ0n) is 12.3. The van der Waals surface area contributed by atoms with E-state index >= 15 is 0 Å². The number of rotatable bonds is 5. The molecule has 0 aromatic heterocycles. The van der Waals surface area contributed by atoms with Crippen molar-refractivity contribution in [2.24, 2.45) is 5.73 Å². The monoisotopic (exact) mass is 292 g/mol. The molecule has 6 nitrogen and oxygen atoms in total. The number of piperidine rings is 1. The number of carbonyl (C=O) groups excluding carboxylic acids is 2. The molecule has 1 amide bonds. The van der Waals surface area contributed by atoms with Crippen LogP contribution in [0.25, 0.3) is 0 Å². The number of amides is 1. The van der Waals surface area contributed by atoms with E-state index in [9.17, 15) is 9.59 Å². The Kier molecular flexibility index (Phi) is 4.80. The Labute approximate surface area is 123 Å². The summed E-state index contributed by atoms with van der Waals surface area (Å²) in [4.78, 5) is 25.2. The van der Waals surface area contributed by atoms with Gasteiger partial charge in [-0.1, -0.05) is 0 Å². The quantitative estimate of drug-likeness (QED) is 0.871. The van der Waals surface area contributed by atoms with Gasteiger partial charge in [0.1, 0.15) is 23.3 Å². The van der Waals surface area contributed by atoms with Crippen molar-refractivity contribution in [2.75, 3.05) is 27.3 Å². The highest BCUT2D eigenvalue weighted by Gasteiger charge is 2.29. The molecule has 114 valence electrons. The summed E-state index contributed by atoms with van der Waals surface area (Å²) in [6, 6.07) is 4.70. The summed E-state index contributed by atoms with van der Waals surface area (Å²) >= 11 is 0. The second-order valence-electron chi connectivity index (χ2n) is 5.03. The Morgan fingerprint density at radius 1 is 1.14 bits per heavy atom. The first-order chi connectivity index (χ1) is 10.0. The third kappa shape index (κ3) is 3.52. The minimum absolute atomic E-state index is 0.220. The minimum Gasteiger partial charge on any atom is -0.497 e. The molecule has 1 aliphatic rings. The maximum Gasteiger partial charge on any atom is 0.239 e. The van der Waals surface area contributed by atoms with Crippen molar-refractivity contribution >= 4 is 11.7 Å². The highest BCUT2D eigenvalue weighted by Crippen LogP contribution is 2.30. The van der Waals surface area contributed by atoms with Crippen molar-refractivity contribution in [3.05, 3.63) is 23.8 Å². The molecule has 0 saturated carbocycles. The Morgan fingerprint density at radius 3 is 2.10 bits per heavy atom. The van der Waals surface area contributed by atoms with E-state index in [0.717, 1.165) is 0 Å². The Morgan fingerprint density at radius 2 is 1.67 bits per heavy atom. The number of hydrogen-bond acceptors (Lipinski definition) is 5. The fourth-order valence-corrected chi connectivity index (χ4v) is 2.57. The van der Waals surface area contributed by atoms with Gasteiger partial charge in [0.2, 0.25) is 5.91 Å². The number of methoxy groups -OCH3 is 2. The minimum atomic E-state index is -0.581. The molecule has 1 saturated heterocycles. The summed E-state index contributed by atoms with van der Waals surface area (Å²) in [6.45, 7) is 1.07. The lowest BCUT2D eigenvalue weighted by molar-refractivity contribution is -0.128. The number of nitrogens with two attached hydrogens (primary N) is 1. The number of ketones is 1. The molecule has 1 atom stereocenters. The van der Waals surface area contributed by atoms with E-state index < -0.39 is 11.9 Å². The molecule has 2 rings (SSSR count). The molecule has 1 aliphatic heterocycles. The van der Waals surface area contributed by atoms with Crippen molar-refractivity contribution in [3.63, 3.8) is 0 Å². The van der Waals surface area contributed by atoms with Crippen LogP contribution in [0.4, 0.5) is 0 Å². The average molecular weight is 292 g/mol. The maximum atomic E-state index is 11.9. The van der Waals surface area contributed by atoms with E-state index in [1.54, 1.807) is 32.4 Å². The maximum absolute atomic E-state index is 11.9. The van der Waals surface area contributed by atoms with Gasteiger partial charge in [0.15, 0.2) is 0 Å². The smallest absolute Gasteiger partial charge is 0.239 e. The van der Waals surface area contributed by atoms with Crippen LogP contribution < -0.4 is 15.2 Å². The molecular weight excluding hydrogens is 272 g/mol. The second kappa shape index (κ2) is 6.58. The summed E-state index contributed by atoms with van der Waals surface area (Å²) in [7, 11) is 3.11. The molecule has 0 spiro atoms. The van der Waals surface area contributed by atoms with Crippen LogP contribution in [0.15, 0.2) is 18.2 Å². The van der Waals surface area contributed by atoms with Gasteiger partial charge in [0.25, 0.3) is 0 Å². The normalized spacial score (nSPS) is 17.3.